The molecule has 0 heterocycles. The van der Waals surface area contributed by atoms with Gasteiger partial charge in [0.1, 0.15) is 0 Å². The van der Waals surface area contributed by atoms with Crippen LogP contribution < -0.4 is 11.1 Å². The molecule has 21 heavy (non-hydrogen) atoms. The summed E-state index contributed by atoms with van der Waals surface area (Å²) in [7, 11) is -2.76. The van der Waals surface area contributed by atoms with Crippen LogP contribution in [0.5, 0.6) is 0 Å². The molecule has 2 rings (SSSR count). The minimum atomic E-state index is -4.26. The Labute approximate surface area is 133 Å². The number of anilines is 1. The van der Waals surface area contributed by atoms with Crippen molar-refractivity contribution in [2.24, 2.45) is 5.73 Å². The smallest absolute Gasteiger partial charge is 0.290 e. The first-order chi connectivity index (χ1) is 9.97. The van der Waals surface area contributed by atoms with Crippen molar-refractivity contribution in [1.82, 2.24) is 0 Å². The van der Waals surface area contributed by atoms with Crippen molar-refractivity contribution in [3.05, 3.63) is 64.6 Å². The molecule has 0 spiro atoms. The number of hydrogen-bond donors (Lipinski definition) is 3. The second-order valence-electron chi connectivity index (χ2n) is 3.96. The Morgan fingerprint density at radius 3 is 2.05 bits per heavy atom. The molecule has 1 unspecified atom stereocenters. The Bertz CT molecular complexity index is 646. The van der Waals surface area contributed by atoms with Crippen LogP contribution in [0.15, 0.2) is 59.1 Å². The molecule has 0 radical (unpaired) electrons. The fourth-order valence-corrected chi connectivity index (χ4v) is 2.70. The van der Waals surface area contributed by atoms with E-state index in [4.69, 9.17) is 0 Å². The first kappa shape index (κ1) is 17.6. The number of halogens is 1. The maximum Gasteiger partial charge on any atom is 0.290 e. The van der Waals surface area contributed by atoms with Gasteiger partial charge in [0.2, 0.25) is 0 Å². The van der Waals surface area contributed by atoms with E-state index in [2.05, 4.69) is 27.0 Å². The number of para-hydroxylation sites is 1. The Morgan fingerprint density at radius 1 is 1.05 bits per heavy atom. The quantitative estimate of drug-likeness (QED) is 0.717. The van der Waals surface area contributed by atoms with Crippen molar-refractivity contribution < 1.29 is 13.0 Å². The Kier molecular flexibility index (Phi) is 6.83. The zero-order valence-electron chi connectivity index (χ0n) is 11.4. The van der Waals surface area contributed by atoms with Gasteiger partial charge < -0.3 is 11.1 Å². The van der Waals surface area contributed by atoms with Crippen LogP contribution in [0.4, 0.5) is 5.69 Å². The second kappa shape index (κ2) is 8.14. The molecule has 0 saturated heterocycles. The van der Waals surface area contributed by atoms with E-state index < -0.39 is 15.5 Å². The van der Waals surface area contributed by atoms with Gasteiger partial charge in [-0.15, -0.1) is 0 Å². The van der Waals surface area contributed by atoms with E-state index in [1.165, 1.54) is 7.05 Å². The fourth-order valence-electron chi connectivity index (χ4n) is 1.65. The highest BCUT2D eigenvalue weighted by Gasteiger charge is 2.24. The largest absolute Gasteiger partial charge is 0.363 e. The lowest BCUT2D eigenvalue weighted by Crippen LogP contribution is -2.20. The topological polar surface area (TPSA) is 92.4 Å². The summed E-state index contributed by atoms with van der Waals surface area (Å²) in [4.78, 5) is 0. The molecule has 0 aromatic heterocycles. The van der Waals surface area contributed by atoms with Gasteiger partial charge in [0, 0.05) is 10.2 Å². The highest BCUT2D eigenvalue weighted by molar-refractivity contribution is 9.10. The monoisotopic (exact) mass is 372 g/mol. The van der Waals surface area contributed by atoms with Crippen LogP contribution in [0.2, 0.25) is 0 Å². The molecule has 5 nitrogen and oxygen atoms in total. The molecular formula is C14H17BrN2O3S. The second-order valence-corrected chi connectivity index (χ2v) is 6.37. The first-order valence-corrected chi connectivity index (χ1v) is 8.37. The standard InChI is InChI=1S/C13H12BrNO3S.CH5N/c14-11-8-6-10(7-9-11)13(19(16,17)18)15-12-4-2-1-3-5-12;1-2/h1-9,13,15H,(H,16,17,18);2H2,1H3. The zero-order chi connectivity index (χ0) is 15.9. The van der Waals surface area contributed by atoms with E-state index in [1.807, 2.05) is 6.07 Å². The third-order valence-electron chi connectivity index (χ3n) is 2.54. The average Bonchev–Trinajstić information content (AvgIpc) is 2.48. The van der Waals surface area contributed by atoms with Gasteiger partial charge in [-0.05, 0) is 36.9 Å². The number of rotatable bonds is 4. The molecule has 0 aliphatic rings. The molecule has 1 atom stereocenters. The summed E-state index contributed by atoms with van der Waals surface area (Å²) in [5.74, 6) is 0. The van der Waals surface area contributed by atoms with Crippen molar-refractivity contribution >= 4 is 31.7 Å². The van der Waals surface area contributed by atoms with Gasteiger partial charge in [0.15, 0.2) is 5.37 Å². The molecule has 4 N–H and O–H groups in total. The van der Waals surface area contributed by atoms with E-state index >= 15 is 0 Å². The van der Waals surface area contributed by atoms with E-state index in [9.17, 15) is 13.0 Å². The molecule has 0 aliphatic heterocycles. The van der Waals surface area contributed by atoms with Crippen LogP contribution >= 0.6 is 15.9 Å². The molecule has 0 saturated carbocycles. The van der Waals surface area contributed by atoms with Crippen LogP contribution in [0.25, 0.3) is 0 Å². The van der Waals surface area contributed by atoms with Crippen LogP contribution in [0.1, 0.15) is 10.9 Å². The van der Waals surface area contributed by atoms with Crippen molar-refractivity contribution in [3.63, 3.8) is 0 Å². The molecule has 0 aliphatic carbocycles. The predicted octanol–water partition coefficient (Wildman–Crippen LogP) is 3.02. The number of benzene rings is 2. The van der Waals surface area contributed by atoms with E-state index in [0.717, 1.165) is 4.47 Å². The van der Waals surface area contributed by atoms with Crippen molar-refractivity contribution in [3.8, 4) is 0 Å². The zero-order valence-corrected chi connectivity index (χ0v) is 13.8. The van der Waals surface area contributed by atoms with Gasteiger partial charge >= 0.3 is 0 Å². The molecule has 0 fully saturated rings. The third kappa shape index (κ3) is 5.47. The Morgan fingerprint density at radius 2 is 1.57 bits per heavy atom. The average molecular weight is 373 g/mol. The maximum atomic E-state index is 11.5. The van der Waals surface area contributed by atoms with Crippen LogP contribution in [0.3, 0.4) is 0 Å². The van der Waals surface area contributed by atoms with Crippen molar-refractivity contribution in [2.45, 2.75) is 5.37 Å². The highest BCUT2D eigenvalue weighted by atomic mass is 79.9. The minimum Gasteiger partial charge on any atom is -0.363 e. The summed E-state index contributed by atoms with van der Waals surface area (Å²) in [6.45, 7) is 0. The lowest BCUT2D eigenvalue weighted by Gasteiger charge is -2.17. The van der Waals surface area contributed by atoms with Gasteiger partial charge in [-0.1, -0.05) is 46.3 Å². The summed E-state index contributed by atoms with van der Waals surface area (Å²) in [6, 6.07) is 15.6. The van der Waals surface area contributed by atoms with E-state index in [0.29, 0.717) is 11.3 Å². The summed E-state index contributed by atoms with van der Waals surface area (Å²) in [6.07, 6.45) is 0. The van der Waals surface area contributed by atoms with Crippen LogP contribution in [-0.2, 0) is 10.1 Å². The summed E-state index contributed by atoms with van der Waals surface area (Å²) in [5, 5.41) is 1.61. The molecule has 114 valence electrons. The number of hydrogen-bond acceptors (Lipinski definition) is 4. The van der Waals surface area contributed by atoms with Crippen molar-refractivity contribution in [2.75, 3.05) is 12.4 Å². The molecule has 0 bridgehead atoms. The molecular weight excluding hydrogens is 356 g/mol. The third-order valence-corrected chi connectivity index (χ3v) is 4.06. The first-order valence-electron chi connectivity index (χ1n) is 6.08. The highest BCUT2D eigenvalue weighted by Crippen LogP contribution is 2.25. The SMILES string of the molecule is CN.O=S(=O)(O)C(Nc1ccccc1)c1ccc(Br)cc1. The number of nitrogens with two attached hydrogens (primary N) is 1. The van der Waals surface area contributed by atoms with Gasteiger partial charge in [-0.25, -0.2) is 0 Å². The van der Waals surface area contributed by atoms with Crippen LogP contribution in [-0.4, -0.2) is 20.0 Å². The lowest BCUT2D eigenvalue weighted by molar-refractivity contribution is 0.473. The minimum absolute atomic E-state index is 0.467. The Balaban J connectivity index is 0.00000106. The normalized spacial score (nSPS) is 12.0. The Hall–Kier alpha value is -1.41. The lowest BCUT2D eigenvalue weighted by atomic mass is 10.2. The number of nitrogens with one attached hydrogen (secondary N) is 1. The summed E-state index contributed by atoms with van der Waals surface area (Å²) < 4.78 is 33.2. The fraction of sp³-hybridized carbons (Fsp3) is 0.143. The maximum absolute atomic E-state index is 11.5. The van der Waals surface area contributed by atoms with Gasteiger partial charge in [0.25, 0.3) is 10.1 Å². The van der Waals surface area contributed by atoms with E-state index in [1.54, 1.807) is 48.5 Å². The van der Waals surface area contributed by atoms with Crippen LogP contribution in [0, 0.1) is 0 Å². The van der Waals surface area contributed by atoms with Crippen molar-refractivity contribution in [1.29, 1.82) is 0 Å². The van der Waals surface area contributed by atoms with Gasteiger partial charge in [-0.2, -0.15) is 8.42 Å². The summed E-state index contributed by atoms with van der Waals surface area (Å²) >= 11 is 3.28. The summed E-state index contributed by atoms with van der Waals surface area (Å²) in [5.41, 5.74) is 5.59. The predicted molar refractivity (Wildman–Crippen MR) is 88.6 cm³/mol. The molecule has 7 heteroatoms. The van der Waals surface area contributed by atoms with Gasteiger partial charge in [-0.3, -0.25) is 4.55 Å². The van der Waals surface area contributed by atoms with E-state index in [-0.39, 0.29) is 0 Å². The van der Waals surface area contributed by atoms with Gasteiger partial charge in [0.05, 0.1) is 0 Å². The molecule has 2 aromatic rings. The molecule has 0 amide bonds. The molecule has 2 aromatic carbocycles.